The van der Waals surface area contributed by atoms with Gasteiger partial charge in [0.05, 0.1) is 24.4 Å². The Bertz CT molecular complexity index is 1020. The Kier molecular flexibility index (Phi) is 4.64. The molecule has 5 rings (SSSR count). The summed E-state index contributed by atoms with van der Waals surface area (Å²) in [5, 5.41) is 4.08. The fraction of sp³-hybridized carbons (Fsp3) is 0.364. The van der Waals surface area contributed by atoms with Gasteiger partial charge in [0.2, 0.25) is 5.91 Å². The first-order chi connectivity index (χ1) is 14.2. The number of fused-ring (bicyclic) bond motifs is 4. The van der Waals surface area contributed by atoms with E-state index in [1.54, 1.807) is 18.4 Å². The van der Waals surface area contributed by atoms with Gasteiger partial charge in [-0.1, -0.05) is 0 Å². The van der Waals surface area contributed by atoms with E-state index in [9.17, 15) is 4.79 Å². The van der Waals surface area contributed by atoms with E-state index < -0.39 is 0 Å². The van der Waals surface area contributed by atoms with Crippen molar-refractivity contribution >= 4 is 22.9 Å². The average molecular weight is 409 g/mol. The summed E-state index contributed by atoms with van der Waals surface area (Å²) in [6.45, 7) is 2.82. The Balaban J connectivity index is 1.51. The topological polar surface area (TPSA) is 50.6 Å². The molecule has 0 unspecified atom stereocenters. The zero-order chi connectivity index (χ0) is 19.8. The first kappa shape index (κ1) is 18.4. The van der Waals surface area contributed by atoms with Gasteiger partial charge >= 0.3 is 0 Å². The summed E-state index contributed by atoms with van der Waals surface area (Å²) >= 11 is 1.64. The van der Waals surface area contributed by atoms with Crippen LogP contribution in [0.3, 0.4) is 0 Å². The molecule has 1 saturated heterocycles. The van der Waals surface area contributed by atoms with Crippen LogP contribution < -0.4 is 4.90 Å². The maximum atomic E-state index is 13.0. The smallest absolute Gasteiger partial charge is 0.227 e. The molecule has 2 aliphatic rings. The van der Waals surface area contributed by atoms with Crippen LogP contribution in [0.15, 0.2) is 53.5 Å². The summed E-state index contributed by atoms with van der Waals surface area (Å²) in [5.41, 5.74) is 3.13. The normalized spacial score (nSPS) is 20.2. The van der Waals surface area contributed by atoms with Crippen molar-refractivity contribution in [3.05, 3.63) is 64.7 Å². The lowest BCUT2D eigenvalue weighted by Gasteiger charge is -2.47. The molecule has 7 heteroatoms. The number of aromatic nitrogens is 2. The monoisotopic (exact) mass is 408 g/mol. The van der Waals surface area contributed by atoms with Crippen molar-refractivity contribution < 1.29 is 9.53 Å². The van der Waals surface area contributed by atoms with E-state index >= 15 is 0 Å². The number of amides is 1. The second-order valence-electron chi connectivity index (χ2n) is 7.66. The molecule has 0 N–H and O–H groups in total. The Morgan fingerprint density at radius 2 is 2.24 bits per heavy atom. The van der Waals surface area contributed by atoms with Crippen LogP contribution in [-0.2, 0) is 21.5 Å². The molecule has 0 radical (unpaired) electrons. The lowest BCUT2D eigenvalue weighted by Crippen LogP contribution is -2.53. The number of thiophene rings is 1. The predicted octanol–water partition coefficient (Wildman–Crippen LogP) is 3.07. The molecule has 1 atom stereocenters. The number of pyridine rings is 1. The first-order valence-corrected chi connectivity index (χ1v) is 10.9. The number of anilines is 1. The molecule has 0 bridgehead atoms. The van der Waals surface area contributed by atoms with Gasteiger partial charge in [-0.15, -0.1) is 0 Å². The van der Waals surface area contributed by atoms with Crippen LogP contribution in [0.2, 0.25) is 0 Å². The molecular weight excluding hydrogens is 384 g/mol. The highest BCUT2D eigenvalue weighted by Gasteiger charge is 2.50. The third-order valence-corrected chi connectivity index (χ3v) is 6.81. The van der Waals surface area contributed by atoms with Crippen LogP contribution >= 0.6 is 11.3 Å². The van der Waals surface area contributed by atoms with Crippen LogP contribution in [0, 0.1) is 0 Å². The van der Waals surface area contributed by atoms with E-state index in [4.69, 9.17) is 4.74 Å². The highest BCUT2D eigenvalue weighted by molar-refractivity contribution is 7.08. The van der Waals surface area contributed by atoms with Gasteiger partial charge < -0.3 is 19.1 Å². The first-order valence-electron chi connectivity index (χ1n) is 9.91. The molecule has 5 heterocycles. The van der Waals surface area contributed by atoms with Gasteiger partial charge in [0.15, 0.2) is 5.82 Å². The van der Waals surface area contributed by atoms with E-state index in [1.807, 2.05) is 28.6 Å². The van der Waals surface area contributed by atoms with E-state index in [1.165, 1.54) is 5.69 Å². The number of hydrogen-bond donors (Lipinski definition) is 0. The van der Waals surface area contributed by atoms with E-state index in [2.05, 4.69) is 44.2 Å². The van der Waals surface area contributed by atoms with Crippen LogP contribution in [0.25, 0.3) is 5.82 Å². The van der Waals surface area contributed by atoms with Gasteiger partial charge in [-0.2, -0.15) is 11.3 Å². The minimum atomic E-state index is -0.262. The van der Waals surface area contributed by atoms with Gasteiger partial charge in [-0.05, 0) is 53.1 Å². The molecule has 1 spiro atoms. The summed E-state index contributed by atoms with van der Waals surface area (Å²) in [5.74, 6) is 1.14. The van der Waals surface area contributed by atoms with Gasteiger partial charge in [0.1, 0.15) is 5.54 Å². The highest BCUT2D eigenvalue weighted by atomic mass is 32.1. The SMILES string of the molecule is COCCN1c2cccnc2-n2cccc2[C@@]12CCN(C(=O)Cc1ccsc1)C2. The molecule has 1 fully saturated rings. The third kappa shape index (κ3) is 2.96. The zero-order valence-electron chi connectivity index (χ0n) is 16.5. The minimum Gasteiger partial charge on any atom is -0.383 e. The van der Waals surface area contributed by atoms with Crippen molar-refractivity contribution in [2.45, 2.75) is 18.4 Å². The third-order valence-electron chi connectivity index (χ3n) is 6.08. The lowest BCUT2D eigenvalue weighted by atomic mass is 9.89. The maximum absolute atomic E-state index is 13.0. The molecular formula is C22H24N4O2S. The Morgan fingerprint density at radius 1 is 1.31 bits per heavy atom. The van der Waals surface area contributed by atoms with E-state index in [0.717, 1.165) is 36.6 Å². The van der Waals surface area contributed by atoms with Crippen molar-refractivity contribution in [1.29, 1.82) is 0 Å². The van der Waals surface area contributed by atoms with E-state index in [0.29, 0.717) is 19.6 Å². The Hall–Kier alpha value is -2.64. The molecule has 0 saturated carbocycles. The molecule has 0 aliphatic carbocycles. The molecule has 3 aromatic heterocycles. The average Bonchev–Trinajstić information content (AvgIpc) is 3.49. The fourth-order valence-corrected chi connectivity index (χ4v) is 5.40. The molecule has 150 valence electrons. The van der Waals surface area contributed by atoms with Gasteiger partial charge in [-0.3, -0.25) is 4.79 Å². The summed E-state index contributed by atoms with van der Waals surface area (Å²) in [7, 11) is 1.73. The van der Waals surface area contributed by atoms with Gasteiger partial charge in [0.25, 0.3) is 0 Å². The van der Waals surface area contributed by atoms with Crippen LogP contribution in [0.1, 0.15) is 17.7 Å². The summed E-state index contributed by atoms with van der Waals surface area (Å²) in [4.78, 5) is 22.1. The van der Waals surface area contributed by atoms with Crippen molar-refractivity contribution in [1.82, 2.24) is 14.5 Å². The number of likely N-dealkylation sites (tertiary alicyclic amines) is 1. The highest BCUT2D eigenvalue weighted by Crippen LogP contribution is 2.46. The second kappa shape index (κ2) is 7.31. The summed E-state index contributed by atoms with van der Waals surface area (Å²) in [6.07, 6.45) is 5.27. The molecule has 29 heavy (non-hydrogen) atoms. The lowest BCUT2D eigenvalue weighted by molar-refractivity contribution is -0.129. The maximum Gasteiger partial charge on any atom is 0.227 e. The molecule has 2 aliphatic heterocycles. The number of hydrogen-bond acceptors (Lipinski definition) is 5. The van der Waals surface area contributed by atoms with Crippen molar-refractivity contribution in [3.63, 3.8) is 0 Å². The van der Waals surface area contributed by atoms with Crippen molar-refractivity contribution in [3.8, 4) is 5.82 Å². The Morgan fingerprint density at radius 3 is 3.07 bits per heavy atom. The summed E-state index contributed by atoms with van der Waals surface area (Å²) < 4.78 is 7.61. The standard InChI is InChI=1S/C22H24N4O2S/c1-28-12-11-26-18-4-2-8-23-21(18)25-9-3-5-19(25)22(26)7-10-24(16-22)20(27)14-17-6-13-29-15-17/h2-6,8-9,13,15H,7,10-12,14,16H2,1H3/t22-/m0/s1. The number of rotatable bonds is 5. The van der Waals surface area contributed by atoms with Crippen LogP contribution in [0.4, 0.5) is 5.69 Å². The van der Waals surface area contributed by atoms with Crippen LogP contribution in [0.5, 0.6) is 0 Å². The fourth-order valence-electron chi connectivity index (χ4n) is 4.73. The number of carbonyl (C=O) groups excluding carboxylic acids is 1. The summed E-state index contributed by atoms with van der Waals surface area (Å²) in [6, 6.07) is 10.4. The van der Waals surface area contributed by atoms with Crippen LogP contribution in [-0.4, -0.2) is 53.7 Å². The number of ether oxygens (including phenoxy) is 1. The molecule has 0 aromatic carbocycles. The van der Waals surface area contributed by atoms with Crippen molar-refractivity contribution in [2.75, 3.05) is 38.3 Å². The van der Waals surface area contributed by atoms with Crippen molar-refractivity contribution in [2.24, 2.45) is 0 Å². The number of nitrogens with zero attached hydrogens (tertiary/aromatic N) is 4. The zero-order valence-corrected chi connectivity index (χ0v) is 17.3. The number of carbonyl (C=O) groups is 1. The second-order valence-corrected chi connectivity index (χ2v) is 8.44. The largest absolute Gasteiger partial charge is 0.383 e. The van der Waals surface area contributed by atoms with Gasteiger partial charge in [-0.25, -0.2) is 4.98 Å². The van der Waals surface area contributed by atoms with E-state index in [-0.39, 0.29) is 11.4 Å². The quantitative estimate of drug-likeness (QED) is 0.651. The molecule has 6 nitrogen and oxygen atoms in total. The Labute approximate surface area is 174 Å². The number of methoxy groups -OCH3 is 1. The molecule has 1 amide bonds. The minimum absolute atomic E-state index is 0.196. The van der Waals surface area contributed by atoms with Gasteiger partial charge in [0, 0.05) is 39.1 Å². The molecule has 3 aromatic rings. The predicted molar refractivity (Wildman–Crippen MR) is 114 cm³/mol.